The van der Waals surface area contributed by atoms with Gasteiger partial charge in [-0.2, -0.15) is 0 Å². The summed E-state index contributed by atoms with van der Waals surface area (Å²) in [5.74, 6) is 0.00895. The van der Waals surface area contributed by atoms with E-state index in [4.69, 9.17) is 52.5 Å². The molecule has 12 nitrogen and oxygen atoms in total. The second kappa shape index (κ2) is 35.4. The van der Waals surface area contributed by atoms with E-state index in [1.807, 2.05) is 12.1 Å². The maximum absolute atomic E-state index is 10.3. The van der Waals surface area contributed by atoms with Crippen LogP contribution in [-0.2, 0) is 53.8 Å². The van der Waals surface area contributed by atoms with Crippen LogP contribution in [0.1, 0.15) is 57.4 Å². The molecule has 0 aliphatic heterocycles. The first-order valence-electron chi connectivity index (χ1n) is 17.4. The number of aryl methyl sites for hydroxylation is 1. The Kier molecular flexibility index (Phi) is 32.5. The SMILES string of the molecule is CCCCCCCCc1ccc(OCCOCCOCCOCCOCCOCCOCCOCCOCCOCCC(=O)O)cc1. The van der Waals surface area contributed by atoms with E-state index in [2.05, 4.69) is 19.1 Å². The molecule has 0 saturated carbocycles. The molecule has 0 atom stereocenters. The van der Waals surface area contributed by atoms with Crippen LogP contribution in [0, 0.1) is 0 Å². The summed E-state index contributed by atoms with van der Waals surface area (Å²) in [7, 11) is 0. The van der Waals surface area contributed by atoms with E-state index in [9.17, 15) is 4.79 Å². The predicted octanol–water partition coefficient (Wildman–Crippen LogP) is 4.59. The molecule has 0 amide bonds. The van der Waals surface area contributed by atoms with Crippen molar-refractivity contribution in [3.8, 4) is 5.75 Å². The van der Waals surface area contributed by atoms with Gasteiger partial charge in [0.1, 0.15) is 12.4 Å². The Morgan fingerprint density at radius 3 is 1.19 bits per heavy atom. The standard InChI is InChI=1S/C35H62O12/c1-2-3-4-5-6-7-8-33-9-11-34(12-10-33)47-32-31-46-30-29-45-28-27-44-26-25-43-24-23-42-22-21-41-20-19-40-18-17-39-16-15-38-14-13-35(36)37/h9-12H,2-8,13-32H2,1H3,(H,36,37). The van der Waals surface area contributed by atoms with Crippen LogP contribution in [0.5, 0.6) is 5.75 Å². The lowest BCUT2D eigenvalue weighted by Crippen LogP contribution is -2.15. The highest BCUT2D eigenvalue weighted by Gasteiger charge is 1.99. The van der Waals surface area contributed by atoms with Gasteiger partial charge in [0, 0.05) is 0 Å². The summed E-state index contributed by atoms with van der Waals surface area (Å²) in [6.07, 6.45) is 9.07. The molecule has 0 bridgehead atoms. The molecule has 0 spiro atoms. The van der Waals surface area contributed by atoms with E-state index in [0.717, 1.165) is 12.2 Å². The Labute approximate surface area is 282 Å². The fourth-order valence-electron chi connectivity index (χ4n) is 4.10. The first-order valence-corrected chi connectivity index (χ1v) is 17.4. The van der Waals surface area contributed by atoms with Crippen molar-refractivity contribution in [3.05, 3.63) is 29.8 Å². The minimum absolute atomic E-state index is 0.000334. The van der Waals surface area contributed by atoms with Gasteiger partial charge in [-0.25, -0.2) is 0 Å². The number of aliphatic carboxylic acids is 1. The van der Waals surface area contributed by atoms with Crippen LogP contribution in [0.4, 0.5) is 0 Å². The largest absolute Gasteiger partial charge is 0.491 e. The van der Waals surface area contributed by atoms with Gasteiger partial charge in [-0.05, 0) is 30.5 Å². The van der Waals surface area contributed by atoms with E-state index >= 15 is 0 Å². The van der Waals surface area contributed by atoms with Crippen molar-refractivity contribution in [1.29, 1.82) is 0 Å². The molecule has 0 fully saturated rings. The Morgan fingerprint density at radius 2 is 0.809 bits per heavy atom. The van der Waals surface area contributed by atoms with Crippen LogP contribution in [-0.4, -0.2) is 137 Å². The van der Waals surface area contributed by atoms with Crippen LogP contribution < -0.4 is 4.74 Å². The summed E-state index contributed by atoms with van der Waals surface area (Å²) in [6, 6.07) is 8.41. The second-order valence-electron chi connectivity index (χ2n) is 10.7. The summed E-state index contributed by atoms with van der Waals surface area (Å²) in [6.45, 7) is 11.2. The zero-order valence-electron chi connectivity index (χ0n) is 28.8. The number of ether oxygens (including phenoxy) is 10. The minimum atomic E-state index is -0.871. The fourth-order valence-corrected chi connectivity index (χ4v) is 4.10. The molecule has 274 valence electrons. The quantitative estimate of drug-likeness (QED) is 0.0985. The number of carboxylic acid groups (broad SMARTS) is 1. The minimum Gasteiger partial charge on any atom is -0.491 e. The number of carbonyl (C=O) groups is 1. The number of carboxylic acids is 1. The first-order chi connectivity index (χ1) is 23.2. The highest BCUT2D eigenvalue weighted by Crippen LogP contribution is 2.15. The molecule has 12 heteroatoms. The van der Waals surface area contributed by atoms with E-state index in [-0.39, 0.29) is 13.0 Å². The number of hydrogen-bond donors (Lipinski definition) is 1. The lowest BCUT2D eigenvalue weighted by atomic mass is 10.0. The summed E-state index contributed by atoms with van der Waals surface area (Å²) in [5.41, 5.74) is 1.37. The molecule has 1 rings (SSSR count). The van der Waals surface area contributed by atoms with Gasteiger partial charge in [0.05, 0.1) is 125 Å². The van der Waals surface area contributed by atoms with Crippen molar-refractivity contribution < 1.29 is 57.3 Å². The zero-order chi connectivity index (χ0) is 33.7. The molecule has 1 N–H and O–H groups in total. The Balaban J connectivity index is 1.70. The summed E-state index contributed by atoms with van der Waals surface area (Å²) >= 11 is 0. The maximum Gasteiger partial charge on any atom is 0.305 e. The topological polar surface area (TPSA) is 130 Å². The molecular weight excluding hydrogens is 612 g/mol. The lowest BCUT2D eigenvalue weighted by Gasteiger charge is -2.09. The Morgan fingerprint density at radius 1 is 0.468 bits per heavy atom. The zero-order valence-corrected chi connectivity index (χ0v) is 28.8. The summed E-state index contributed by atoms with van der Waals surface area (Å²) in [5, 5.41) is 8.49. The molecule has 0 heterocycles. The number of benzene rings is 1. The average molecular weight is 675 g/mol. The Bertz CT molecular complexity index is 780. The average Bonchev–Trinajstić information content (AvgIpc) is 3.07. The molecule has 0 aliphatic rings. The molecule has 0 radical (unpaired) electrons. The molecule has 0 unspecified atom stereocenters. The van der Waals surface area contributed by atoms with Gasteiger partial charge in [0.15, 0.2) is 0 Å². The van der Waals surface area contributed by atoms with Crippen LogP contribution in [0.2, 0.25) is 0 Å². The molecule has 1 aromatic carbocycles. The van der Waals surface area contributed by atoms with Gasteiger partial charge in [-0.3, -0.25) is 4.79 Å². The molecule has 1 aromatic rings. The lowest BCUT2D eigenvalue weighted by molar-refractivity contribution is -0.138. The van der Waals surface area contributed by atoms with Crippen molar-refractivity contribution in [3.63, 3.8) is 0 Å². The normalized spacial score (nSPS) is 11.3. The maximum atomic E-state index is 10.3. The van der Waals surface area contributed by atoms with Gasteiger partial charge in [0.2, 0.25) is 0 Å². The number of hydrogen-bond acceptors (Lipinski definition) is 11. The van der Waals surface area contributed by atoms with E-state index < -0.39 is 5.97 Å². The molecule has 47 heavy (non-hydrogen) atoms. The monoisotopic (exact) mass is 674 g/mol. The Hall–Kier alpha value is -1.87. The van der Waals surface area contributed by atoms with E-state index in [1.54, 1.807) is 0 Å². The third kappa shape index (κ3) is 32.5. The van der Waals surface area contributed by atoms with Gasteiger partial charge in [-0.1, -0.05) is 51.2 Å². The van der Waals surface area contributed by atoms with Gasteiger partial charge in [0.25, 0.3) is 0 Å². The number of unbranched alkanes of at least 4 members (excludes halogenated alkanes) is 5. The smallest absolute Gasteiger partial charge is 0.305 e. The van der Waals surface area contributed by atoms with Crippen molar-refractivity contribution in [2.45, 2.75) is 58.3 Å². The van der Waals surface area contributed by atoms with Crippen molar-refractivity contribution >= 4 is 5.97 Å². The molecule has 0 saturated heterocycles. The van der Waals surface area contributed by atoms with Crippen LogP contribution >= 0.6 is 0 Å². The van der Waals surface area contributed by atoms with E-state index in [1.165, 1.54) is 44.1 Å². The predicted molar refractivity (Wildman–Crippen MR) is 179 cm³/mol. The van der Waals surface area contributed by atoms with Gasteiger partial charge in [-0.15, -0.1) is 0 Å². The fraction of sp³-hybridized carbons (Fsp3) is 0.800. The summed E-state index contributed by atoms with van der Waals surface area (Å²) < 4.78 is 54.6. The van der Waals surface area contributed by atoms with Crippen molar-refractivity contribution in [2.24, 2.45) is 0 Å². The molecular formula is C35H62O12. The highest BCUT2D eigenvalue weighted by molar-refractivity contribution is 5.66. The second-order valence-corrected chi connectivity index (χ2v) is 10.7. The van der Waals surface area contributed by atoms with Crippen LogP contribution in [0.3, 0.4) is 0 Å². The number of rotatable bonds is 38. The highest BCUT2D eigenvalue weighted by atomic mass is 16.6. The van der Waals surface area contributed by atoms with Crippen LogP contribution in [0.15, 0.2) is 24.3 Å². The summed E-state index contributed by atoms with van der Waals surface area (Å²) in [4.78, 5) is 10.3. The van der Waals surface area contributed by atoms with Gasteiger partial charge >= 0.3 is 5.97 Å². The van der Waals surface area contributed by atoms with Crippen molar-refractivity contribution in [1.82, 2.24) is 0 Å². The third-order valence-corrected chi connectivity index (χ3v) is 6.68. The molecule has 0 aliphatic carbocycles. The third-order valence-electron chi connectivity index (χ3n) is 6.68. The molecule has 0 aromatic heterocycles. The first kappa shape index (κ1) is 43.2. The van der Waals surface area contributed by atoms with Gasteiger partial charge < -0.3 is 52.5 Å². The van der Waals surface area contributed by atoms with E-state index in [0.29, 0.717) is 119 Å². The van der Waals surface area contributed by atoms with Crippen molar-refractivity contribution in [2.75, 3.05) is 126 Å². The van der Waals surface area contributed by atoms with Crippen LogP contribution in [0.25, 0.3) is 0 Å².